The van der Waals surface area contributed by atoms with Crippen LogP contribution in [0, 0.1) is 5.82 Å². The highest BCUT2D eigenvalue weighted by atomic mass is 79.9. The number of methoxy groups -OCH3 is 1. The second-order valence-corrected chi connectivity index (χ2v) is 6.54. The Balaban J connectivity index is 1.90. The lowest BCUT2D eigenvalue weighted by Crippen LogP contribution is -2.31. The van der Waals surface area contributed by atoms with E-state index in [9.17, 15) is 4.39 Å². The molecule has 2 N–H and O–H groups in total. The summed E-state index contributed by atoms with van der Waals surface area (Å²) >= 11 is 8.52. The summed E-state index contributed by atoms with van der Waals surface area (Å²) in [5, 5.41) is 7.17. The number of hydrogen-bond acceptors (Lipinski definition) is 3. The van der Waals surface area contributed by atoms with E-state index in [-0.39, 0.29) is 5.82 Å². The number of nitrogens with zero attached hydrogens (tertiary/aromatic N) is 1. The zero-order valence-electron chi connectivity index (χ0n) is 12.4. The van der Waals surface area contributed by atoms with Crippen molar-refractivity contribution in [1.29, 1.82) is 0 Å². The molecule has 4 nitrogen and oxygen atoms in total. The van der Waals surface area contributed by atoms with Gasteiger partial charge in [-0.3, -0.25) is 0 Å². The molecule has 0 bridgehead atoms. The topological polar surface area (TPSA) is 46.2 Å². The van der Waals surface area contributed by atoms with Gasteiger partial charge in [0.15, 0.2) is 5.11 Å². The Hall–Kier alpha value is -1.30. The summed E-state index contributed by atoms with van der Waals surface area (Å²) in [7, 11) is 4.08. The van der Waals surface area contributed by atoms with E-state index < -0.39 is 0 Å². The van der Waals surface area contributed by atoms with Crippen LogP contribution in [0.3, 0.4) is 0 Å². The minimum Gasteiger partial charge on any atom is -0.496 e. The van der Waals surface area contributed by atoms with Gasteiger partial charge in [-0.25, -0.2) is 9.37 Å². The molecule has 0 saturated carbocycles. The molecule has 1 aromatic carbocycles. The molecule has 0 radical (unpaired) electrons. The molecule has 0 aliphatic heterocycles. The second kappa shape index (κ2) is 8.52. The minimum absolute atomic E-state index is 0.258. The number of pyridine rings is 1. The number of aromatic nitrogens is 1. The first-order chi connectivity index (χ1) is 11.0. The van der Waals surface area contributed by atoms with E-state index in [0.29, 0.717) is 35.2 Å². The van der Waals surface area contributed by atoms with Crippen LogP contribution in [0.5, 0.6) is 5.75 Å². The summed E-state index contributed by atoms with van der Waals surface area (Å²) in [6.45, 7) is 0.494. The summed E-state index contributed by atoms with van der Waals surface area (Å²) in [6, 6.07) is 6.69. The van der Waals surface area contributed by atoms with Crippen molar-refractivity contribution in [3.05, 3.63) is 46.3 Å². The summed E-state index contributed by atoms with van der Waals surface area (Å²) in [5.74, 6) is 1.03. The van der Waals surface area contributed by atoms with Crippen molar-refractivity contribution in [2.75, 3.05) is 19.0 Å². The molecule has 8 heteroatoms. The van der Waals surface area contributed by atoms with Gasteiger partial charge in [-0.1, -0.05) is 0 Å². The van der Waals surface area contributed by atoms with E-state index in [4.69, 9.17) is 17.0 Å². The van der Waals surface area contributed by atoms with E-state index in [1.54, 1.807) is 25.4 Å². The molecule has 23 heavy (non-hydrogen) atoms. The molecule has 0 saturated heterocycles. The largest absolute Gasteiger partial charge is 0.496 e. The van der Waals surface area contributed by atoms with Crippen LogP contribution >= 0.6 is 37.4 Å². The average Bonchev–Trinajstić information content (AvgIpc) is 2.53. The Bertz CT molecular complexity index is 700. The lowest BCUT2D eigenvalue weighted by molar-refractivity contribution is 0.416. The number of halogens is 2. The molecule has 0 fully saturated rings. The molecule has 0 spiro atoms. The molecule has 122 valence electrons. The highest BCUT2D eigenvalue weighted by Gasteiger charge is 2.10. The quantitative estimate of drug-likeness (QED) is 0.580. The molecule has 0 amide bonds. The van der Waals surface area contributed by atoms with E-state index in [1.165, 1.54) is 6.07 Å². The Labute approximate surface area is 150 Å². The maximum Gasteiger partial charge on any atom is 0.171 e. The van der Waals surface area contributed by atoms with Gasteiger partial charge in [-0.2, -0.15) is 0 Å². The molecule has 0 aliphatic rings. The monoisotopic (exact) mass is 415 g/mol. The summed E-state index contributed by atoms with van der Waals surface area (Å²) in [5.41, 5.74) is 0.589. The third-order valence-electron chi connectivity index (χ3n) is 3.11. The van der Waals surface area contributed by atoms with Crippen molar-refractivity contribution < 1.29 is 9.13 Å². The molecule has 1 unspecified atom stereocenters. The van der Waals surface area contributed by atoms with Gasteiger partial charge >= 0.3 is 0 Å². The first-order valence-corrected chi connectivity index (χ1v) is 8.56. The first-order valence-electron chi connectivity index (χ1n) is 6.78. The molecule has 1 aromatic heterocycles. The van der Waals surface area contributed by atoms with Crippen molar-refractivity contribution in [1.82, 2.24) is 10.3 Å². The van der Waals surface area contributed by atoms with Crippen molar-refractivity contribution in [2.45, 2.75) is 6.42 Å². The standard InChI is InChI=1S/C15H16BrFN3OPS/c1-21-12-4-3-11(17)10(14(12)22)6-7-18-15(23)20-13-5-2-9(16)8-19-13/h2-5,8H,6-7,22H2,1H3,(H2,18,19,20,23). The highest BCUT2D eigenvalue weighted by molar-refractivity contribution is 9.10. The summed E-state index contributed by atoms with van der Waals surface area (Å²) in [4.78, 5) is 4.17. The number of nitrogens with one attached hydrogen (secondary N) is 2. The van der Waals surface area contributed by atoms with E-state index in [1.807, 2.05) is 6.07 Å². The lowest BCUT2D eigenvalue weighted by atomic mass is 10.1. The van der Waals surface area contributed by atoms with Crippen LogP contribution in [0.15, 0.2) is 34.9 Å². The van der Waals surface area contributed by atoms with Gasteiger partial charge < -0.3 is 15.4 Å². The number of anilines is 1. The maximum absolute atomic E-state index is 13.9. The van der Waals surface area contributed by atoms with Crippen molar-refractivity contribution in [3.8, 4) is 5.75 Å². The van der Waals surface area contributed by atoms with Gasteiger partial charge in [0, 0.05) is 28.1 Å². The Morgan fingerprint density at radius 2 is 2.17 bits per heavy atom. The first kappa shape index (κ1) is 18.0. The molecule has 2 aromatic rings. The predicted molar refractivity (Wildman–Crippen MR) is 102 cm³/mol. The van der Waals surface area contributed by atoms with Gasteiger partial charge in [-0.15, -0.1) is 9.24 Å². The second-order valence-electron chi connectivity index (χ2n) is 4.63. The molecule has 2 rings (SSSR count). The van der Waals surface area contributed by atoms with Crippen molar-refractivity contribution >= 4 is 53.6 Å². The number of rotatable bonds is 5. The smallest absolute Gasteiger partial charge is 0.171 e. The van der Waals surface area contributed by atoms with Crippen LogP contribution in [0.4, 0.5) is 10.2 Å². The van der Waals surface area contributed by atoms with Crippen LogP contribution in [0.1, 0.15) is 5.56 Å². The third-order valence-corrected chi connectivity index (χ3v) is 4.46. The van der Waals surface area contributed by atoms with E-state index in [0.717, 1.165) is 9.78 Å². The van der Waals surface area contributed by atoms with Gasteiger partial charge in [0.05, 0.1) is 7.11 Å². The number of benzene rings is 1. The van der Waals surface area contributed by atoms with Crippen molar-refractivity contribution in [3.63, 3.8) is 0 Å². The van der Waals surface area contributed by atoms with E-state index in [2.05, 4.69) is 40.8 Å². The third kappa shape index (κ3) is 5.09. The fraction of sp³-hybridized carbons (Fsp3) is 0.200. The number of thiocarbonyl (C=S) groups is 1. The maximum atomic E-state index is 13.9. The lowest BCUT2D eigenvalue weighted by Gasteiger charge is -2.13. The molecule has 1 heterocycles. The Morgan fingerprint density at radius 1 is 1.39 bits per heavy atom. The summed E-state index contributed by atoms with van der Waals surface area (Å²) in [6.07, 6.45) is 2.16. The van der Waals surface area contributed by atoms with Gasteiger partial charge in [0.2, 0.25) is 0 Å². The molecule has 0 aliphatic carbocycles. The fourth-order valence-electron chi connectivity index (χ4n) is 1.96. The Kier molecular flexibility index (Phi) is 6.69. The van der Waals surface area contributed by atoms with Gasteiger partial charge in [0.1, 0.15) is 17.4 Å². The van der Waals surface area contributed by atoms with Crippen molar-refractivity contribution in [2.24, 2.45) is 0 Å². The Morgan fingerprint density at radius 3 is 2.83 bits per heavy atom. The number of ether oxygens (including phenoxy) is 1. The predicted octanol–water partition coefficient (Wildman–Crippen LogP) is 3.02. The highest BCUT2D eigenvalue weighted by Crippen LogP contribution is 2.17. The van der Waals surface area contributed by atoms with Gasteiger partial charge in [-0.05, 0) is 58.8 Å². The van der Waals surface area contributed by atoms with Crippen LogP contribution in [0.2, 0.25) is 0 Å². The fourth-order valence-corrected chi connectivity index (χ4v) is 2.90. The molecule has 1 atom stereocenters. The van der Waals surface area contributed by atoms with Crippen LogP contribution < -0.4 is 20.7 Å². The summed E-state index contributed by atoms with van der Waals surface area (Å²) < 4.78 is 20.0. The van der Waals surface area contributed by atoms with Crippen LogP contribution in [-0.4, -0.2) is 23.8 Å². The van der Waals surface area contributed by atoms with Gasteiger partial charge in [0.25, 0.3) is 0 Å². The minimum atomic E-state index is -0.258. The molecular weight excluding hydrogens is 400 g/mol. The van der Waals surface area contributed by atoms with E-state index >= 15 is 0 Å². The zero-order valence-corrected chi connectivity index (χ0v) is 16.0. The van der Waals surface area contributed by atoms with Crippen LogP contribution in [-0.2, 0) is 6.42 Å². The average molecular weight is 416 g/mol. The molecular formula is C15H16BrFN3OPS. The zero-order chi connectivity index (χ0) is 16.8. The normalized spacial score (nSPS) is 10.3. The SMILES string of the molecule is COc1ccc(F)c(CCNC(=S)Nc2ccc(Br)cn2)c1P. The number of hydrogen-bond donors (Lipinski definition) is 2. The van der Waals surface area contributed by atoms with Crippen LogP contribution in [0.25, 0.3) is 0 Å².